The van der Waals surface area contributed by atoms with Gasteiger partial charge in [0.1, 0.15) is 0 Å². The van der Waals surface area contributed by atoms with Gasteiger partial charge in [0.15, 0.2) is 0 Å². The molecule has 0 unspecified atom stereocenters. The summed E-state index contributed by atoms with van der Waals surface area (Å²) >= 11 is 0. The lowest BCUT2D eigenvalue weighted by Crippen LogP contribution is -2.30. The first-order valence-electron chi connectivity index (χ1n) is 7.17. The van der Waals surface area contributed by atoms with Crippen molar-refractivity contribution in [3.63, 3.8) is 0 Å². The van der Waals surface area contributed by atoms with E-state index >= 15 is 0 Å². The Hall–Kier alpha value is -1.36. The molecule has 0 aliphatic carbocycles. The molecule has 2 rings (SSSR count). The zero-order valence-electron chi connectivity index (χ0n) is 11.9. The van der Waals surface area contributed by atoms with Crippen molar-refractivity contribution >= 4 is 11.9 Å². The van der Waals surface area contributed by atoms with E-state index in [2.05, 4.69) is 29.5 Å². The van der Waals surface area contributed by atoms with Gasteiger partial charge in [0.25, 0.3) is 0 Å². The molecule has 5 nitrogen and oxygen atoms in total. The van der Waals surface area contributed by atoms with E-state index < -0.39 is 0 Å². The van der Waals surface area contributed by atoms with Crippen molar-refractivity contribution in [1.29, 1.82) is 0 Å². The van der Waals surface area contributed by atoms with Crippen LogP contribution in [0.4, 0.5) is 5.95 Å². The van der Waals surface area contributed by atoms with Gasteiger partial charge in [0.2, 0.25) is 11.9 Å². The largest absolute Gasteiger partial charge is 0.317 e. The summed E-state index contributed by atoms with van der Waals surface area (Å²) in [6.45, 7) is 7.24. The van der Waals surface area contributed by atoms with Gasteiger partial charge in [-0.15, -0.1) is 0 Å². The average Bonchev–Trinajstić information content (AvgIpc) is 2.77. The van der Waals surface area contributed by atoms with E-state index in [1.54, 1.807) is 6.20 Å². The van der Waals surface area contributed by atoms with Gasteiger partial charge in [-0.3, -0.25) is 10.1 Å². The minimum Gasteiger partial charge on any atom is -0.317 e. The lowest BCUT2D eigenvalue weighted by molar-refractivity contribution is -0.117. The Bertz CT molecular complexity index is 407. The molecule has 1 aliphatic heterocycles. The molecular weight excluding hydrogens is 240 g/mol. The SMILES string of the molecule is CC(C)Cn1ccnc1NC(=O)CC1CCNCC1. The second-order valence-electron chi connectivity index (χ2n) is 5.74. The predicted molar refractivity (Wildman–Crippen MR) is 75.9 cm³/mol. The van der Waals surface area contributed by atoms with Gasteiger partial charge in [-0.1, -0.05) is 13.8 Å². The van der Waals surface area contributed by atoms with Gasteiger partial charge in [-0.05, 0) is 37.8 Å². The molecule has 1 saturated heterocycles. The molecule has 1 aliphatic rings. The van der Waals surface area contributed by atoms with Gasteiger partial charge < -0.3 is 9.88 Å². The zero-order valence-corrected chi connectivity index (χ0v) is 11.9. The third kappa shape index (κ3) is 4.35. The quantitative estimate of drug-likeness (QED) is 0.853. The van der Waals surface area contributed by atoms with Crippen molar-refractivity contribution in [2.24, 2.45) is 11.8 Å². The van der Waals surface area contributed by atoms with Crippen LogP contribution in [0, 0.1) is 11.8 Å². The molecule has 106 valence electrons. The highest BCUT2D eigenvalue weighted by Crippen LogP contribution is 2.17. The number of nitrogens with one attached hydrogen (secondary N) is 2. The van der Waals surface area contributed by atoms with Crippen LogP contribution in [0.15, 0.2) is 12.4 Å². The molecule has 1 aromatic heterocycles. The molecule has 0 aromatic carbocycles. The minimum atomic E-state index is 0.0862. The maximum Gasteiger partial charge on any atom is 0.226 e. The lowest BCUT2D eigenvalue weighted by atomic mass is 9.94. The highest BCUT2D eigenvalue weighted by molar-refractivity contribution is 5.89. The molecule has 0 radical (unpaired) electrons. The number of amides is 1. The second-order valence-corrected chi connectivity index (χ2v) is 5.74. The van der Waals surface area contributed by atoms with E-state index in [0.717, 1.165) is 32.5 Å². The van der Waals surface area contributed by atoms with Gasteiger partial charge in [0.05, 0.1) is 0 Å². The van der Waals surface area contributed by atoms with Crippen LogP contribution in [-0.4, -0.2) is 28.5 Å². The fourth-order valence-corrected chi connectivity index (χ4v) is 2.50. The van der Waals surface area contributed by atoms with E-state index in [1.165, 1.54) is 0 Å². The molecular formula is C14H24N4O. The minimum absolute atomic E-state index is 0.0862. The van der Waals surface area contributed by atoms with Crippen LogP contribution in [0.3, 0.4) is 0 Å². The standard InChI is InChI=1S/C14H24N4O/c1-11(2)10-18-8-7-16-14(18)17-13(19)9-12-3-5-15-6-4-12/h7-8,11-12,15H,3-6,9-10H2,1-2H3,(H,16,17,19). The maximum atomic E-state index is 12.0. The summed E-state index contributed by atoms with van der Waals surface area (Å²) in [7, 11) is 0. The zero-order chi connectivity index (χ0) is 13.7. The molecule has 0 spiro atoms. The summed E-state index contributed by atoms with van der Waals surface area (Å²) in [5.41, 5.74) is 0. The van der Waals surface area contributed by atoms with Crippen LogP contribution in [-0.2, 0) is 11.3 Å². The number of anilines is 1. The average molecular weight is 264 g/mol. The van der Waals surface area contributed by atoms with E-state index in [-0.39, 0.29) is 5.91 Å². The first kappa shape index (κ1) is 14.1. The summed E-state index contributed by atoms with van der Waals surface area (Å²) in [5, 5.41) is 6.25. The molecule has 0 atom stereocenters. The van der Waals surface area contributed by atoms with E-state index in [1.807, 2.05) is 10.8 Å². The Morgan fingerprint density at radius 2 is 2.26 bits per heavy atom. The van der Waals surface area contributed by atoms with Crippen molar-refractivity contribution in [2.45, 2.75) is 39.7 Å². The topological polar surface area (TPSA) is 59.0 Å². The highest BCUT2D eigenvalue weighted by atomic mass is 16.1. The van der Waals surface area contributed by atoms with Crippen LogP contribution in [0.1, 0.15) is 33.1 Å². The number of piperidine rings is 1. The summed E-state index contributed by atoms with van der Waals surface area (Å²) in [4.78, 5) is 16.3. The third-order valence-corrected chi connectivity index (χ3v) is 3.46. The van der Waals surface area contributed by atoms with Crippen LogP contribution < -0.4 is 10.6 Å². The molecule has 0 bridgehead atoms. The fourth-order valence-electron chi connectivity index (χ4n) is 2.50. The molecule has 1 aromatic rings. The fraction of sp³-hybridized carbons (Fsp3) is 0.714. The number of rotatable bonds is 5. The van der Waals surface area contributed by atoms with E-state index in [4.69, 9.17) is 0 Å². The van der Waals surface area contributed by atoms with Gasteiger partial charge in [0, 0.05) is 25.4 Å². The van der Waals surface area contributed by atoms with Crippen LogP contribution >= 0.6 is 0 Å². The number of imidazole rings is 1. The lowest BCUT2D eigenvalue weighted by Gasteiger charge is -2.22. The summed E-state index contributed by atoms with van der Waals surface area (Å²) < 4.78 is 2.00. The molecule has 5 heteroatoms. The van der Waals surface area contributed by atoms with Crippen molar-refractivity contribution in [2.75, 3.05) is 18.4 Å². The van der Waals surface area contributed by atoms with Crippen LogP contribution in [0.2, 0.25) is 0 Å². The van der Waals surface area contributed by atoms with E-state index in [9.17, 15) is 4.79 Å². The Labute approximate surface area is 114 Å². The highest BCUT2D eigenvalue weighted by Gasteiger charge is 2.17. The summed E-state index contributed by atoms with van der Waals surface area (Å²) in [6.07, 6.45) is 6.45. The molecule has 1 fully saturated rings. The smallest absolute Gasteiger partial charge is 0.226 e. The van der Waals surface area contributed by atoms with Gasteiger partial charge in [-0.2, -0.15) is 0 Å². The Kier molecular flexibility index (Phi) is 4.96. The molecule has 2 heterocycles. The van der Waals surface area contributed by atoms with E-state index in [0.29, 0.717) is 24.2 Å². The number of aromatic nitrogens is 2. The number of carbonyl (C=O) groups excluding carboxylic acids is 1. The van der Waals surface area contributed by atoms with Crippen molar-refractivity contribution in [3.8, 4) is 0 Å². The third-order valence-electron chi connectivity index (χ3n) is 3.46. The summed E-state index contributed by atoms with van der Waals surface area (Å²) in [5.74, 6) is 1.81. The molecule has 2 N–H and O–H groups in total. The Morgan fingerprint density at radius 3 is 2.95 bits per heavy atom. The van der Waals surface area contributed by atoms with Crippen molar-refractivity contribution in [1.82, 2.24) is 14.9 Å². The molecule has 19 heavy (non-hydrogen) atoms. The maximum absolute atomic E-state index is 12.0. The normalized spacial score (nSPS) is 16.8. The number of nitrogens with zero attached hydrogens (tertiary/aromatic N) is 2. The first-order chi connectivity index (χ1) is 9.15. The van der Waals surface area contributed by atoms with Crippen LogP contribution in [0.5, 0.6) is 0 Å². The second kappa shape index (κ2) is 6.70. The first-order valence-corrected chi connectivity index (χ1v) is 7.17. The summed E-state index contributed by atoms with van der Waals surface area (Å²) in [6, 6.07) is 0. The molecule has 1 amide bonds. The number of hydrogen-bond acceptors (Lipinski definition) is 3. The number of carbonyl (C=O) groups is 1. The van der Waals surface area contributed by atoms with Crippen molar-refractivity contribution in [3.05, 3.63) is 12.4 Å². The predicted octanol–water partition coefficient (Wildman–Crippen LogP) is 1.87. The van der Waals surface area contributed by atoms with Gasteiger partial charge >= 0.3 is 0 Å². The monoisotopic (exact) mass is 264 g/mol. The Balaban J connectivity index is 1.86. The number of hydrogen-bond donors (Lipinski definition) is 2. The van der Waals surface area contributed by atoms with Crippen molar-refractivity contribution < 1.29 is 4.79 Å². The van der Waals surface area contributed by atoms with Crippen LogP contribution in [0.25, 0.3) is 0 Å². The molecule has 0 saturated carbocycles. The van der Waals surface area contributed by atoms with Gasteiger partial charge in [-0.25, -0.2) is 4.98 Å². The Morgan fingerprint density at radius 1 is 1.53 bits per heavy atom.